The lowest BCUT2D eigenvalue weighted by atomic mass is 10.2. The predicted molar refractivity (Wildman–Crippen MR) is 75.1 cm³/mol. The van der Waals surface area contributed by atoms with Gasteiger partial charge >= 0.3 is 0 Å². The molecule has 3 nitrogen and oxygen atoms in total. The van der Waals surface area contributed by atoms with Crippen molar-refractivity contribution in [2.45, 2.75) is 19.8 Å². The van der Waals surface area contributed by atoms with Gasteiger partial charge in [-0.3, -0.25) is 0 Å². The SMILES string of the molecule is C=C/C=C(\CC)NCCCN1CCN(C)CC1. The molecular formula is C14H27N3. The van der Waals surface area contributed by atoms with Crippen molar-refractivity contribution in [3.63, 3.8) is 0 Å². The Morgan fingerprint density at radius 3 is 2.59 bits per heavy atom. The Labute approximate surface area is 106 Å². The molecule has 0 aromatic heterocycles. The van der Waals surface area contributed by atoms with Crippen LogP contribution in [0, 0.1) is 0 Å². The van der Waals surface area contributed by atoms with E-state index in [2.05, 4.69) is 41.7 Å². The van der Waals surface area contributed by atoms with Crippen molar-refractivity contribution >= 4 is 0 Å². The second-order valence-corrected chi connectivity index (χ2v) is 4.71. The number of likely N-dealkylation sites (N-methyl/N-ethyl adjacent to an activating group) is 1. The first kappa shape index (κ1) is 14.3. The normalized spacial score (nSPS) is 19.3. The third-order valence-corrected chi connectivity index (χ3v) is 3.30. The highest BCUT2D eigenvalue weighted by Gasteiger charge is 2.12. The lowest BCUT2D eigenvalue weighted by molar-refractivity contribution is 0.153. The summed E-state index contributed by atoms with van der Waals surface area (Å²) in [7, 11) is 2.20. The van der Waals surface area contributed by atoms with Crippen molar-refractivity contribution in [3.8, 4) is 0 Å². The fraction of sp³-hybridized carbons (Fsp3) is 0.714. The lowest BCUT2D eigenvalue weighted by Gasteiger charge is -2.32. The van der Waals surface area contributed by atoms with Crippen LogP contribution in [0.3, 0.4) is 0 Å². The van der Waals surface area contributed by atoms with Crippen molar-refractivity contribution in [3.05, 3.63) is 24.4 Å². The Hall–Kier alpha value is -0.800. The smallest absolute Gasteiger partial charge is 0.0156 e. The summed E-state index contributed by atoms with van der Waals surface area (Å²) in [4.78, 5) is 4.96. The maximum absolute atomic E-state index is 3.73. The molecule has 1 aliphatic heterocycles. The first-order valence-electron chi connectivity index (χ1n) is 6.72. The van der Waals surface area contributed by atoms with E-state index in [4.69, 9.17) is 0 Å². The first-order valence-corrected chi connectivity index (χ1v) is 6.72. The molecule has 98 valence electrons. The van der Waals surface area contributed by atoms with Crippen molar-refractivity contribution in [1.82, 2.24) is 15.1 Å². The van der Waals surface area contributed by atoms with Crippen LogP contribution in [-0.4, -0.2) is 56.1 Å². The number of hydrogen-bond donors (Lipinski definition) is 1. The lowest BCUT2D eigenvalue weighted by Crippen LogP contribution is -2.45. The summed E-state index contributed by atoms with van der Waals surface area (Å²) in [6, 6.07) is 0. The van der Waals surface area contributed by atoms with Crippen molar-refractivity contribution < 1.29 is 0 Å². The van der Waals surface area contributed by atoms with Gasteiger partial charge in [-0.15, -0.1) is 0 Å². The zero-order valence-corrected chi connectivity index (χ0v) is 11.4. The van der Waals surface area contributed by atoms with Crippen LogP contribution < -0.4 is 5.32 Å². The second kappa shape index (κ2) is 8.31. The van der Waals surface area contributed by atoms with Gasteiger partial charge < -0.3 is 15.1 Å². The summed E-state index contributed by atoms with van der Waals surface area (Å²) < 4.78 is 0. The van der Waals surface area contributed by atoms with Crippen LogP contribution in [0.5, 0.6) is 0 Å². The second-order valence-electron chi connectivity index (χ2n) is 4.71. The number of allylic oxidation sites excluding steroid dienone is 3. The molecule has 1 heterocycles. The molecule has 1 N–H and O–H groups in total. The Morgan fingerprint density at radius 1 is 1.29 bits per heavy atom. The average Bonchev–Trinajstić information content (AvgIpc) is 2.35. The minimum Gasteiger partial charge on any atom is -0.388 e. The molecule has 0 aliphatic carbocycles. The van der Waals surface area contributed by atoms with E-state index in [0.29, 0.717) is 0 Å². The molecule has 1 fully saturated rings. The largest absolute Gasteiger partial charge is 0.388 e. The van der Waals surface area contributed by atoms with Crippen LogP contribution >= 0.6 is 0 Å². The van der Waals surface area contributed by atoms with Gasteiger partial charge in [0.15, 0.2) is 0 Å². The molecule has 0 radical (unpaired) electrons. The highest BCUT2D eigenvalue weighted by molar-refractivity contribution is 5.07. The van der Waals surface area contributed by atoms with E-state index in [9.17, 15) is 0 Å². The van der Waals surface area contributed by atoms with Gasteiger partial charge in [0.2, 0.25) is 0 Å². The summed E-state index contributed by atoms with van der Waals surface area (Å²) in [6.07, 6.45) is 6.20. The number of rotatable bonds is 7. The van der Waals surface area contributed by atoms with E-state index >= 15 is 0 Å². The zero-order chi connectivity index (χ0) is 12.5. The maximum atomic E-state index is 3.73. The zero-order valence-electron chi connectivity index (χ0n) is 11.4. The van der Waals surface area contributed by atoms with Gasteiger partial charge in [-0.2, -0.15) is 0 Å². The molecule has 1 rings (SSSR count). The molecule has 1 saturated heterocycles. The fourth-order valence-electron chi connectivity index (χ4n) is 2.07. The highest BCUT2D eigenvalue weighted by Crippen LogP contribution is 2.00. The van der Waals surface area contributed by atoms with Gasteiger partial charge in [0.05, 0.1) is 0 Å². The molecule has 0 unspecified atom stereocenters. The molecule has 0 bridgehead atoms. The van der Waals surface area contributed by atoms with Crippen molar-refractivity contribution in [1.29, 1.82) is 0 Å². The molecule has 0 saturated carbocycles. The highest BCUT2D eigenvalue weighted by atomic mass is 15.2. The fourth-order valence-corrected chi connectivity index (χ4v) is 2.07. The first-order chi connectivity index (χ1) is 8.26. The van der Waals surface area contributed by atoms with E-state index in [1.54, 1.807) is 0 Å². The van der Waals surface area contributed by atoms with Crippen LogP contribution in [0.2, 0.25) is 0 Å². The summed E-state index contributed by atoms with van der Waals surface area (Å²) in [5, 5.41) is 3.47. The predicted octanol–water partition coefficient (Wildman–Crippen LogP) is 1.69. The van der Waals surface area contributed by atoms with Gasteiger partial charge in [0, 0.05) is 38.4 Å². The van der Waals surface area contributed by atoms with Crippen LogP contribution in [-0.2, 0) is 0 Å². The molecule has 1 aliphatic rings. The molecule has 0 aromatic carbocycles. The van der Waals surface area contributed by atoms with Gasteiger partial charge in [-0.25, -0.2) is 0 Å². The van der Waals surface area contributed by atoms with Crippen LogP contribution in [0.1, 0.15) is 19.8 Å². The minimum atomic E-state index is 1.06. The van der Waals surface area contributed by atoms with E-state index in [-0.39, 0.29) is 0 Å². The molecule has 0 aromatic rings. The minimum absolute atomic E-state index is 1.06. The molecule has 17 heavy (non-hydrogen) atoms. The summed E-state index contributed by atoms with van der Waals surface area (Å²) in [6.45, 7) is 13.0. The quantitative estimate of drug-likeness (QED) is 0.537. The van der Waals surface area contributed by atoms with E-state index < -0.39 is 0 Å². The Bertz CT molecular complexity index is 240. The maximum Gasteiger partial charge on any atom is 0.0156 e. The van der Waals surface area contributed by atoms with E-state index in [1.807, 2.05) is 6.08 Å². The van der Waals surface area contributed by atoms with Crippen LogP contribution in [0.15, 0.2) is 24.4 Å². The van der Waals surface area contributed by atoms with Gasteiger partial charge in [-0.05, 0) is 32.5 Å². The molecule has 0 spiro atoms. The standard InChI is InChI=1S/C14H27N3/c1-4-7-14(5-2)15-8-6-9-17-12-10-16(3)11-13-17/h4,7,15H,1,5-6,8-13H2,2-3H3/b14-7+. The topological polar surface area (TPSA) is 18.5 Å². The monoisotopic (exact) mass is 237 g/mol. The van der Waals surface area contributed by atoms with Crippen molar-refractivity contribution in [2.24, 2.45) is 0 Å². The number of nitrogens with one attached hydrogen (secondary N) is 1. The Balaban J connectivity index is 2.07. The van der Waals surface area contributed by atoms with E-state index in [1.165, 1.54) is 44.8 Å². The number of nitrogens with zero attached hydrogens (tertiary/aromatic N) is 2. The summed E-state index contributed by atoms with van der Waals surface area (Å²) >= 11 is 0. The summed E-state index contributed by atoms with van der Waals surface area (Å²) in [5.74, 6) is 0. The van der Waals surface area contributed by atoms with Crippen LogP contribution in [0.4, 0.5) is 0 Å². The van der Waals surface area contributed by atoms with E-state index in [0.717, 1.165) is 13.0 Å². The van der Waals surface area contributed by atoms with Crippen LogP contribution in [0.25, 0.3) is 0 Å². The summed E-state index contributed by atoms with van der Waals surface area (Å²) in [5.41, 5.74) is 1.29. The van der Waals surface area contributed by atoms with Crippen molar-refractivity contribution in [2.75, 3.05) is 46.3 Å². The molecular weight excluding hydrogens is 210 g/mol. The third kappa shape index (κ3) is 5.89. The third-order valence-electron chi connectivity index (χ3n) is 3.30. The van der Waals surface area contributed by atoms with Gasteiger partial charge in [0.25, 0.3) is 0 Å². The average molecular weight is 237 g/mol. The molecule has 3 heteroatoms. The molecule has 0 amide bonds. The number of piperazine rings is 1. The van der Waals surface area contributed by atoms with Gasteiger partial charge in [0.1, 0.15) is 0 Å². The number of hydrogen-bond acceptors (Lipinski definition) is 3. The Morgan fingerprint density at radius 2 is 2.00 bits per heavy atom. The molecule has 0 atom stereocenters. The van der Waals surface area contributed by atoms with Gasteiger partial charge in [-0.1, -0.05) is 19.6 Å². The Kier molecular flexibility index (Phi) is 6.97.